The molecule has 0 fully saturated rings. The first-order valence-electron chi connectivity index (χ1n) is 8.30. The largest absolute Gasteiger partial charge is 0.466 e. The first kappa shape index (κ1) is 22.1. The Morgan fingerprint density at radius 1 is 1.17 bits per heavy atom. The van der Waals surface area contributed by atoms with Gasteiger partial charge in [-0.15, -0.1) is 11.3 Å². The SMILES string of the molecule is CC.CCCC(CCC)COC(C)=O.Fc1csc2cscc12. The van der Waals surface area contributed by atoms with E-state index in [2.05, 4.69) is 13.8 Å². The summed E-state index contributed by atoms with van der Waals surface area (Å²) in [7, 11) is 0. The first-order valence-corrected chi connectivity index (χ1v) is 10.1. The van der Waals surface area contributed by atoms with E-state index in [0.717, 1.165) is 10.1 Å². The van der Waals surface area contributed by atoms with Crippen LogP contribution in [0.4, 0.5) is 4.39 Å². The Hall–Kier alpha value is -0.940. The molecule has 0 N–H and O–H groups in total. The number of carbonyl (C=O) groups excluding carboxylic acids is 1. The second-order valence-electron chi connectivity index (χ2n) is 4.98. The van der Waals surface area contributed by atoms with Gasteiger partial charge in [-0.1, -0.05) is 40.5 Å². The maximum Gasteiger partial charge on any atom is 0.302 e. The first-order chi connectivity index (χ1) is 11.1. The van der Waals surface area contributed by atoms with Crippen LogP contribution < -0.4 is 0 Å². The predicted octanol–water partition coefficient (Wildman–Crippen LogP) is 6.89. The molecule has 0 unspecified atom stereocenters. The van der Waals surface area contributed by atoms with Crippen LogP contribution in [0.25, 0.3) is 10.1 Å². The zero-order valence-electron chi connectivity index (χ0n) is 14.9. The lowest BCUT2D eigenvalue weighted by Crippen LogP contribution is -2.11. The van der Waals surface area contributed by atoms with E-state index >= 15 is 0 Å². The summed E-state index contributed by atoms with van der Waals surface area (Å²) in [5.74, 6) is 0.326. The van der Waals surface area contributed by atoms with Gasteiger partial charge in [-0.05, 0) is 18.8 Å². The van der Waals surface area contributed by atoms with Crippen molar-refractivity contribution in [2.45, 2.75) is 60.3 Å². The van der Waals surface area contributed by atoms with Crippen LogP contribution in [0.1, 0.15) is 60.3 Å². The van der Waals surface area contributed by atoms with E-state index in [-0.39, 0.29) is 11.8 Å². The monoisotopic (exact) mass is 360 g/mol. The van der Waals surface area contributed by atoms with Gasteiger partial charge in [-0.3, -0.25) is 4.79 Å². The molecule has 0 amide bonds. The molecule has 2 aromatic rings. The molecule has 132 valence electrons. The molecule has 2 heterocycles. The van der Waals surface area contributed by atoms with Gasteiger partial charge in [0, 0.05) is 33.2 Å². The summed E-state index contributed by atoms with van der Waals surface area (Å²) in [6.45, 7) is 10.4. The van der Waals surface area contributed by atoms with E-state index in [4.69, 9.17) is 4.74 Å². The lowest BCUT2D eigenvalue weighted by atomic mass is 9.99. The molecule has 2 aromatic heterocycles. The van der Waals surface area contributed by atoms with Gasteiger partial charge in [0.2, 0.25) is 0 Å². The molecule has 0 aliphatic heterocycles. The zero-order chi connectivity index (χ0) is 17.7. The van der Waals surface area contributed by atoms with Crippen molar-refractivity contribution in [3.63, 3.8) is 0 Å². The van der Waals surface area contributed by atoms with Crippen molar-refractivity contribution in [3.05, 3.63) is 22.0 Å². The summed E-state index contributed by atoms with van der Waals surface area (Å²) in [6.07, 6.45) is 4.68. The fraction of sp³-hybridized carbons (Fsp3) is 0.611. The molecule has 0 spiro atoms. The van der Waals surface area contributed by atoms with Crippen LogP contribution in [0.3, 0.4) is 0 Å². The third-order valence-corrected chi connectivity index (χ3v) is 4.90. The summed E-state index contributed by atoms with van der Waals surface area (Å²) in [6, 6.07) is 0. The summed E-state index contributed by atoms with van der Waals surface area (Å²) in [5.41, 5.74) is 0. The lowest BCUT2D eigenvalue weighted by Gasteiger charge is -2.14. The van der Waals surface area contributed by atoms with Crippen LogP contribution in [0.5, 0.6) is 0 Å². The number of fused-ring (bicyclic) bond motifs is 1. The van der Waals surface area contributed by atoms with Crippen LogP contribution in [-0.2, 0) is 9.53 Å². The van der Waals surface area contributed by atoms with E-state index in [0.29, 0.717) is 12.5 Å². The number of ether oxygens (including phenoxy) is 1. The maximum atomic E-state index is 12.6. The predicted molar refractivity (Wildman–Crippen MR) is 101 cm³/mol. The van der Waals surface area contributed by atoms with Crippen LogP contribution in [0.2, 0.25) is 0 Å². The molecule has 23 heavy (non-hydrogen) atoms. The normalized spacial score (nSPS) is 9.87. The summed E-state index contributed by atoms with van der Waals surface area (Å²) >= 11 is 3.00. The third-order valence-electron chi connectivity index (χ3n) is 3.09. The molecule has 0 aromatic carbocycles. The third kappa shape index (κ3) is 9.06. The van der Waals surface area contributed by atoms with Crippen molar-refractivity contribution in [1.29, 1.82) is 0 Å². The number of hydrogen-bond donors (Lipinski definition) is 0. The number of rotatable bonds is 6. The number of hydrogen-bond acceptors (Lipinski definition) is 4. The number of carbonyl (C=O) groups is 1. The van der Waals surface area contributed by atoms with Crippen molar-refractivity contribution in [2.24, 2.45) is 5.92 Å². The molecular weight excluding hydrogens is 331 g/mol. The Balaban J connectivity index is 0.000000388. The Bertz CT molecular complexity index is 528. The molecule has 2 rings (SSSR count). The number of esters is 1. The molecule has 0 aliphatic carbocycles. The highest BCUT2D eigenvalue weighted by atomic mass is 32.1. The second-order valence-corrected chi connectivity index (χ2v) is 6.63. The Labute approximate surface area is 147 Å². The van der Waals surface area contributed by atoms with E-state index in [1.165, 1.54) is 49.3 Å². The van der Waals surface area contributed by atoms with Crippen molar-refractivity contribution in [3.8, 4) is 0 Å². The van der Waals surface area contributed by atoms with Gasteiger partial charge in [-0.2, -0.15) is 11.3 Å². The molecule has 2 nitrogen and oxygen atoms in total. The topological polar surface area (TPSA) is 26.3 Å². The van der Waals surface area contributed by atoms with E-state index in [1.54, 1.807) is 11.3 Å². The Kier molecular flexibility index (Phi) is 12.9. The summed E-state index contributed by atoms with van der Waals surface area (Å²) in [5, 5.41) is 6.10. The number of halogens is 1. The molecule has 0 saturated carbocycles. The quantitative estimate of drug-likeness (QED) is 0.524. The van der Waals surface area contributed by atoms with Gasteiger partial charge in [0.1, 0.15) is 5.82 Å². The van der Waals surface area contributed by atoms with Crippen LogP contribution >= 0.6 is 22.7 Å². The minimum atomic E-state index is -0.160. The average Bonchev–Trinajstić information content (AvgIpc) is 3.14. The van der Waals surface area contributed by atoms with Crippen molar-refractivity contribution >= 4 is 38.7 Å². The van der Waals surface area contributed by atoms with Gasteiger partial charge < -0.3 is 4.74 Å². The zero-order valence-corrected chi connectivity index (χ0v) is 16.5. The summed E-state index contributed by atoms with van der Waals surface area (Å²) in [4.78, 5) is 10.5. The standard InChI is InChI=1S/C10H20O2.C6H3FS2.C2H6/c1-4-6-10(7-5-2)8-12-9(3)11;7-5-2-9-6-3-8-1-4(5)6;1-2/h10H,4-8H2,1-3H3;1-3H;1-2H3. The average molecular weight is 361 g/mol. The van der Waals surface area contributed by atoms with Crippen LogP contribution in [0, 0.1) is 11.7 Å². The molecule has 0 atom stereocenters. The van der Waals surface area contributed by atoms with Crippen LogP contribution in [-0.4, -0.2) is 12.6 Å². The minimum Gasteiger partial charge on any atom is -0.466 e. The molecule has 0 aliphatic rings. The molecule has 0 bridgehead atoms. The summed E-state index contributed by atoms with van der Waals surface area (Å²) < 4.78 is 18.6. The van der Waals surface area contributed by atoms with Gasteiger partial charge in [0.05, 0.1) is 6.61 Å². The van der Waals surface area contributed by atoms with Crippen molar-refractivity contribution in [1.82, 2.24) is 0 Å². The maximum absolute atomic E-state index is 12.6. The molecule has 0 radical (unpaired) electrons. The van der Waals surface area contributed by atoms with E-state index in [9.17, 15) is 9.18 Å². The smallest absolute Gasteiger partial charge is 0.302 e. The lowest BCUT2D eigenvalue weighted by molar-refractivity contribution is -0.142. The molecule has 0 saturated heterocycles. The molecular formula is C18H29FO2S2. The Morgan fingerprint density at radius 2 is 1.78 bits per heavy atom. The minimum absolute atomic E-state index is 0.0868. The van der Waals surface area contributed by atoms with E-state index < -0.39 is 0 Å². The van der Waals surface area contributed by atoms with Gasteiger partial charge in [0.15, 0.2) is 0 Å². The highest BCUT2D eigenvalue weighted by molar-refractivity contribution is 7.21. The van der Waals surface area contributed by atoms with Gasteiger partial charge in [0.25, 0.3) is 0 Å². The Morgan fingerprint density at radius 3 is 2.26 bits per heavy atom. The second kappa shape index (κ2) is 13.5. The van der Waals surface area contributed by atoms with E-state index in [1.807, 2.05) is 24.6 Å². The highest BCUT2D eigenvalue weighted by Gasteiger charge is 2.07. The van der Waals surface area contributed by atoms with Crippen molar-refractivity contribution < 1.29 is 13.9 Å². The fourth-order valence-corrected chi connectivity index (χ4v) is 3.89. The highest BCUT2D eigenvalue weighted by Crippen LogP contribution is 2.27. The van der Waals surface area contributed by atoms with Gasteiger partial charge >= 0.3 is 5.97 Å². The van der Waals surface area contributed by atoms with Gasteiger partial charge in [-0.25, -0.2) is 4.39 Å². The van der Waals surface area contributed by atoms with Crippen LogP contribution in [0.15, 0.2) is 16.1 Å². The molecule has 5 heteroatoms. The van der Waals surface area contributed by atoms with Crippen molar-refractivity contribution in [2.75, 3.05) is 6.61 Å². The fourth-order valence-electron chi connectivity index (χ4n) is 2.09. The number of thiophene rings is 2.